The van der Waals surface area contributed by atoms with Gasteiger partial charge in [0.2, 0.25) is 0 Å². The number of carbonyl (C=O) groups is 2. The molecule has 1 amide bonds. The molecule has 7 nitrogen and oxygen atoms in total. The van der Waals surface area contributed by atoms with E-state index >= 15 is 0 Å². The standard InChI is InChI=1S/C24H27N3O4/c1-16(23(30)27(24(2,3)4)15-17-10-6-5-7-11-17)31-21(28)14-20-18-12-8-9-13-19(18)22(29)26-25-20/h5-13,16H,14-15H2,1-4H3,(H,26,29)/t16-/m1/s1. The van der Waals surface area contributed by atoms with E-state index in [1.54, 1.807) is 36.1 Å². The van der Waals surface area contributed by atoms with Crippen molar-refractivity contribution in [2.45, 2.75) is 52.3 Å². The van der Waals surface area contributed by atoms with E-state index in [2.05, 4.69) is 10.2 Å². The Morgan fingerprint density at radius 1 is 1.03 bits per heavy atom. The Bertz CT molecular complexity index is 1130. The van der Waals surface area contributed by atoms with Crippen molar-refractivity contribution in [3.8, 4) is 0 Å². The summed E-state index contributed by atoms with van der Waals surface area (Å²) in [7, 11) is 0. The summed E-state index contributed by atoms with van der Waals surface area (Å²) in [6, 6.07) is 16.6. The molecule has 7 heteroatoms. The van der Waals surface area contributed by atoms with Crippen LogP contribution in [-0.4, -0.2) is 38.6 Å². The fourth-order valence-corrected chi connectivity index (χ4v) is 3.36. The Balaban J connectivity index is 1.73. The van der Waals surface area contributed by atoms with Crippen molar-refractivity contribution in [1.82, 2.24) is 15.1 Å². The molecule has 0 saturated heterocycles. The first-order valence-corrected chi connectivity index (χ1v) is 10.2. The molecular weight excluding hydrogens is 394 g/mol. The highest BCUT2D eigenvalue weighted by atomic mass is 16.5. The molecule has 0 saturated carbocycles. The van der Waals surface area contributed by atoms with Gasteiger partial charge in [0, 0.05) is 17.5 Å². The van der Waals surface area contributed by atoms with Crippen LogP contribution >= 0.6 is 0 Å². The van der Waals surface area contributed by atoms with Gasteiger partial charge < -0.3 is 9.64 Å². The van der Waals surface area contributed by atoms with E-state index in [0.717, 1.165) is 5.56 Å². The molecule has 0 aliphatic rings. The molecule has 0 radical (unpaired) electrons. The van der Waals surface area contributed by atoms with E-state index in [-0.39, 0.29) is 17.9 Å². The Morgan fingerprint density at radius 3 is 2.29 bits per heavy atom. The van der Waals surface area contributed by atoms with Gasteiger partial charge in [-0.25, -0.2) is 5.10 Å². The summed E-state index contributed by atoms with van der Waals surface area (Å²) in [6.07, 6.45) is -1.10. The molecule has 162 valence electrons. The number of fused-ring (bicyclic) bond motifs is 1. The van der Waals surface area contributed by atoms with Gasteiger partial charge >= 0.3 is 5.97 Å². The highest BCUT2D eigenvalue weighted by Gasteiger charge is 2.31. The lowest BCUT2D eigenvalue weighted by Gasteiger charge is -2.37. The van der Waals surface area contributed by atoms with Gasteiger partial charge in [0.25, 0.3) is 11.5 Å². The number of ether oxygens (including phenoxy) is 1. The molecule has 0 fully saturated rings. The number of benzene rings is 2. The highest BCUT2D eigenvalue weighted by Crippen LogP contribution is 2.20. The lowest BCUT2D eigenvalue weighted by Crippen LogP contribution is -2.49. The van der Waals surface area contributed by atoms with Gasteiger partial charge in [-0.3, -0.25) is 14.4 Å². The molecule has 2 aromatic carbocycles. The van der Waals surface area contributed by atoms with Crippen LogP contribution in [0.1, 0.15) is 39.0 Å². The fourth-order valence-electron chi connectivity index (χ4n) is 3.36. The summed E-state index contributed by atoms with van der Waals surface area (Å²) in [5, 5.41) is 7.43. The first-order valence-electron chi connectivity index (χ1n) is 10.2. The molecule has 1 heterocycles. The quantitative estimate of drug-likeness (QED) is 0.617. The third-order valence-electron chi connectivity index (χ3n) is 5.00. The Hall–Kier alpha value is -3.48. The van der Waals surface area contributed by atoms with E-state index in [1.165, 1.54) is 0 Å². The lowest BCUT2D eigenvalue weighted by atomic mass is 10.0. The third-order valence-corrected chi connectivity index (χ3v) is 5.00. The Kier molecular flexibility index (Phi) is 6.53. The van der Waals surface area contributed by atoms with E-state index in [4.69, 9.17) is 4.74 Å². The zero-order chi connectivity index (χ0) is 22.6. The fraction of sp³-hybridized carbons (Fsp3) is 0.333. The van der Waals surface area contributed by atoms with Gasteiger partial charge in [-0.2, -0.15) is 5.10 Å². The van der Waals surface area contributed by atoms with Crippen molar-refractivity contribution < 1.29 is 14.3 Å². The van der Waals surface area contributed by atoms with Crippen molar-refractivity contribution in [3.63, 3.8) is 0 Å². The van der Waals surface area contributed by atoms with Crippen molar-refractivity contribution >= 4 is 22.6 Å². The van der Waals surface area contributed by atoms with Gasteiger partial charge in [-0.15, -0.1) is 0 Å². The second-order valence-electron chi connectivity index (χ2n) is 8.43. The topological polar surface area (TPSA) is 92.4 Å². The maximum absolute atomic E-state index is 13.1. The summed E-state index contributed by atoms with van der Waals surface area (Å²) in [6.45, 7) is 7.82. The van der Waals surface area contributed by atoms with Gasteiger partial charge in [-0.1, -0.05) is 48.5 Å². The van der Waals surface area contributed by atoms with Crippen LogP contribution < -0.4 is 5.56 Å². The van der Waals surface area contributed by atoms with Crippen molar-refractivity contribution in [3.05, 3.63) is 76.2 Å². The summed E-state index contributed by atoms with van der Waals surface area (Å²) < 4.78 is 5.45. The van der Waals surface area contributed by atoms with Crippen LogP contribution in [0.5, 0.6) is 0 Å². The third kappa shape index (κ3) is 5.36. The van der Waals surface area contributed by atoms with E-state index in [0.29, 0.717) is 23.0 Å². The van der Waals surface area contributed by atoms with E-state index in [9.17, 15) is 14.4 Å². The molecular formula is C24H27N3O4. The normalized spacial score (nSPS) is 12.4. The number of H-pyrrole nitrogens is 1. The largest absolute Gasteiger partial charge is 0.452 e. The van der Waals surface area contributed by atoms with Crippen LogP contribution in [0.15, 0.2) is 59.4 Å². The predicted molar refractivity (Wildman–Crippen MR) is 118 cm³/mol. The maximum Gasteiger partial charge on any atom is 0.312 e. The molecule has 0 aliphatic heterocycles. The van der Waals surface area contributed by atoms with Crippen LogP contribution in [0.25, 0.3) is 10.8 Å². The molecule has 1 atom stereocenters. The summed E-state index contributed by atoms with van der Waals surface area (Å²) >= 11 is 0. The molecule has 3 aromatic rings. The summed E-state index contributed by atoms with van der Waals surface area (Å²) in [5.74, 6) is -0.858. The zero-order valence-electron chi connectivity index (χ0n) is 18.2. The zero-order valence-corrected chi connectivity index (χ0v) is 18.2. The molecule has 0 aliphatic carbocycles. The van der Waals surface area contributed by atoms with Crippen LogP contribution in [0.3, 0.4) is 0 Å². The van der Waals surface area contributed by atoms with E-state index < -0.39 is 17.6 Å². The smallest absolute Gasteiger partial charge is 0.312 e. The molecule has 0 bridgehead atoms. The second kappa shape index (κ2) is 9.12. The number of carbonyl (C=O) groups excluding carboxylic acids is 2. The Morgan fingerprint density at radius 2 is 1.65 bits per heavy atom. The number of hydrogen-bond acceptors (Lipinski definition) is 5. The number of rotatable bonds is 6. The minimum absolute atomic E-state index is 0.150. The van der Waals surface area contributed by atoms with Gasteiger partial charge in [0.05, 0.1) is 17.5 Å². The van der Waals surface area contributed by atoms with Crippen LogP contribution in [0.2, 0.25) is 0 Å². The minimum atomic E-state index is -0.954. The average molecular weight is 421 g/mol. The van der Waals surface area contributed by atoms with Crippen molar-refractivity contribution in [2.75, 3.05) is 0 Å². The highest BCUT2D eigenvalue weighted by molar-refractivity contribution is 5.88. The lowest BCUT2D eigenvalue weighted by molar-refractivity contribution is -0.161. The predicted octanol–water partition coefficient (Wildman–Crippen LogP) is 3.22. The molecule has 1 N–H and O–H groups in total. The molecule has 1 aromatic heterocycles. The number of esters is 1. The van der Waals surface area contributed by atoms with Crippen molar-refractivity contribution in [2.24, 2.45) is 0 Å². The molecule has 0 unspecified atom stereocenters. The monoisotopic (exact) mass is 421 g/mol. The number of nitrogens with one attached hydrogen (secondary N) is 1. The van der Waals surface area contributed by atoms with Crippen LogP contribution in [-0.2, 0) is 27.3 Å². The molecule has 0 spiro atoms. The number of aromatic amines is 1. The van der Waals surface area contributed by atoms with Gasteiger partial charge in [0.1, 0.15) is 0 Å². The number of hydrogen-bond donors (Lipinski definition) is 1. The number of nitrogens with zero attached hydrogens (tertiary/aromatic N) is 2. The summed E-state index contributed by atoms with van der Waals surface area (Å²) in [5.41, 5.74) is 0.618. The first-order chi connectivity index (χ1) is 14.7. The second-order valence-corrected chi connectivity index (χ2v) is 8.43. The van der Waals surface area contributed by atoms with Crippen LogP contribution in [0.4, 0.5) is 0 Å². The molecule has 31 heavy (non-hydrogen) atoms. The number of amides is 1. The number of aromatic nitrogens is 2. The maximum atomic E-state index is 13.1. The SMILES string of the molecule is C[C@@H](OC(=O)Cc1n[nH]c(=O)c2ccccc12)C(=O)N(Cc1ccccc1)C(C)(C)C. The van der Waals surface area contributed by atoms with E-state index in [1.807, 2.05) is 51.1 Å². The van der Waals surface area contributed by atoms with Gasteiger partial charge in [0.15, 0.2) is 6.10 Å². The first kappa shape index (κ1) is 22.2. The average Bonchev–Trinajstić information content (AvgIpc) is 2.73. The molecule has 3 rings (SSSR count). The van der Waals surface area contributed by atoms with Gasteiger partial charge in [-0.05, 0) is 39.3 Å². The minimum Gasteiger partial charge on any atom is -0.452 e. The van der Waals surface area contributed by atoms with Crippen molar-refractivity contribution in [1.29, 1.82) is 0 Å². The summed E-state index contributed by atoms with van der Waals surface area (Å²) in [4.78, 5) is 39.3. The Labute approximate surface area is 181 Å². The van der Waals surface area contributed by atoms with Crippen LogP contribution in [0, 0.1) is 0 Å².